The lowest BCUT2D eigenvalue weighted by Crippen LogP contribution is -2.23. The number of ether oxygens (including phenoxy) is 1. The summed E-state index contributed by atoms with van der Waals surface area (Å²) in [6.45, 7) is 2.10. The molecule has 5 rings (SSSR count). The minimum atomic E-state index is 0.201. The van der Waals surface area contributed by atoms with Crippen LogP contribution in [0.1, 0.15) is 5.56 Å². The monoisotopic (exact) mass is 455 g/mol. The molecule has 0 bridgehead atoms. The van der Waals surface area contributed by atoms with Gasteiger partial charge in [0.2, 0.25) is 11.8 Å². The number of hydrazine groups is 1. The normalized spacial score (nSPS) is 12.8. The van der Waals surface area contributed by atoms with Crippen LogP contribution in [0.25, 0.3) is 11.3 Å². The predicted molar refractivity (Wildman–Crippen MR) is 131 cm³/mol. The van der Waals surface area contributed by atoms with Crippen LogP contribution in [0.4, 0.5) is 16.6 Å². The molecule has 1 aromatic carbocycles. The molecule has 1 aliphatic heterocycles. The molecular formula is C24H21N7OS. The Morgan fingerprint density at radius 2 is 1.79 bits per heavy atom. The highest BCUT2D eigenvalue weighted by Gasteiger charge is 2.11. The van der Waals surface area contributed by atoms with Gasteiger partial charge in [0.25, 0.3) is 0 Å². The van der Waals surface area contributed by atoms with Gasteiger partial charge in [-0.3, -0.25) is 10.4 Å². The van der Waals surface area contributed by atoms with Crippen LogP contribution in [0.5, 0.6) is 11.6 Å². The molecule has 0 amide bonds. The summed E-state index contributed by atoms with van der Waals surface area (Å²) >= 11 is 1.72. The Hall–Kier alpha value is -4.37. The summed E-state index contributed by atoms with van der Waals surface area (Å²) < 4.78 is 6.03. The molecule has 0 aliphatic carbocycles. The van der Waals surface area contributed by atoms with Crippen LogP contribution in [-0.4, -0.2) is 20.0 Å². The highest BCUT2D eigenvalue weighted by atomic mass is 32.1. The molecule has 0 fully saturated rings. The van der Waals surface area contributed by atoms with Crippen LogP contribution in [0.2, 0.25) is 0 Å². The fourth-order valence-corrected chi connectivity index (χ4v) is 4.08. The van der Waals surface area contributed by atoms with Crippen molar-refractivity contribution >= 4 is 28.0 Å². The van der Waals surface area contributed by atoms with Gasteiger partial charge in [-0.05, 0) is 66.4 Å². The Morgan fingerprint density at radius 1 is 0.970 bits per heavy atom. The number of nitrogens with one attached hydrogen (secondary N) is 1. The molecule has 33 heavy (non-hydrogen) atoms. The fraction of sp³-hybridized carbons (Fsp3) is 0.0417. The summed E-state index contributed by atoms with van der Waals surface area (Å²) in [5.74, 6) is 1.31. The molecule has 4 heterocycles. The highest BCUT2D eigenvalue weighted by molar-refractivity contribution is 7.14. The van der Waals surface area contributed by atoms with Crippen molar-refractivity contribution in [3.05, 3.63) is 96.7 Å². The van der Waals surface area contributed by atoms with Gasteiger partial charge < -0.3 is 15.4 Å². The van der Waals surface area contributed by atoms with E-state index >= 15 is 0 Å². The van der Waals surface area contributed by atoms with E-state index in [1.54, 1.807) is 29.8 Å². The second kappa shape index (κ2) is 9.01. The van der Waals surface area contributed by atoms with Crippen LogP contribution in [0.3, 0.4) is 0 Å². The third kappa shape index (κ3) is 4.78. The summed E-state index contributed by atoms with van der Waals surface area (Å²) in [5, 5.41) is 5.21. The van der Waals surface area contributed by atoms with E-state index in [4.69, 9.17) is 10.5 Å². The zero-order chi connectivity index (χ0) is 22.6. The molecule has 0 unspecified atom stereocenters. The molecule has 0 saturated heterocycles. The summed E-state index contributed by atoms with van der Waals surface area (Å²) in [5.41, 5.74) is 12.6. The number of nitrogens with two attached hydrogens (primary N) is 1. The van der Waals surface area contributed by atoms with Gasteiger partial charge in [0, 0.05) is 37.2 Å². The Bertz CT molecular complexity index is 1300. The van der Waals surface area contributed by atoms with Crippen LogP contribution < -0.4 is 20.8 Å². The van der Waals surface area contributed by atoms with Gasteiger partial charge in [-0.2, -0.15) is 0 Å². The van der Waals surface area contributed by atoms with E-state index in [1.165, 1.54) is 10.6 Å². The van der Waals surface area contributed by atoms with E-state index in [1.807, 2.05) is 66.2 Å². The van der Waals surface area contributed by atoms with Crippen molar-refractivity contribution in [2.75, 3.05) is 16.1 Å². The van der Waals surface area contributed by atoms with Crippen LogP contribution in [-0.2, 0) is 0 Å². The standard InChI is InChI=1S/C24H21N7OS/c1-17-15-22(33-16-17)30-11-13-31(14-12-30)29-18-4-6-19(7-5-18)32-23-20(3-2-9-26-23)21-8-10-27-24(25)28-21/h2-16,29H,1H3,(H2,25,27,28). The van der Waals surface area contributed by atoms with Crippen molar-refractivity contribution < 1.29 is 4.74 Å². The van der Waals surface area contributed by atoms with E-state index in [9.17, 15) is 0 Å². The third-order valence-electron chi connectivity index (χ3n) is 4.80. The SMILES string of the molecule is Cc1csc(N2C=CN(Nc3ccc(Oc4ncccc4-c4ccnc(N)n4)cc3)C=C2)c1. The molecule has 0 saturated carbocycles. The number of aromatic nitrogens is 3. The highest BCUT2D eigenvalue weighted by Crippen LogP contribution is 2.31. The lowest BCUT2D eigenvalue weighted by atomic mass is 10.2. The average Bonchev–Trinajstić information content (AvgIpc) is 3.27. The number of pyridine rings is 1. The van der Waals surface area contributed by atoms with E-state index < -0.39 is 0 Å². The van der Waals surface area contributed by atoms with Crippen molar-refractivity contribution in [2.24, 2.45) is 0 Å². The minimum Gasteiger partial charge on any atom is -0.438 e. The van der Waals surface area contributed by atoms with E-state index in [-0.39, 0.29) is 5.95 Å². The van der Waals surface area contributed by atoms with Crippen LogP contribution >= 0.6 is 11.3 Å². The van der Waals surface area contributed by atoms with Crippen LogP contribution in [0, 0.1) is 6.92 Å². The Balaban J connectivity index is 1.25. The first kappa shape index (κ1) is 20.5. The minimum absolute atomic E-state index is 0.201. The van der Waals surface area contributed by atoms with E-state index in [2.05, 4.69) is 43.6 Å². The summed E-state index contributed by atoms with van der Waals surface area (Å²) in [6.07, 6.45) is 11.2. The molecule has 4 aromatic rings. The molecule has 0 radical (unpaired) electrons. The second-order valence-corrected chi connectivity index (χ2v) is 8.16. The Morgan fingerprint density at radius 3 is 2.52 bits per heavy atom. The number of benzene rings is 1. The smallest absolute Gasteiger partial charge is 0.228 e. The number of thiophene rings is 1. The number of hydrogen-bond acceptors (Lipinski definition) is 9. The van der Waals surface area contributed by atoms with Crippen LogP contribution in [0.15, 0.2) is 91.1 Å². The maximum Gasteiger partial charge on any atom is 0.228 e. The van der Waals surface area contributed by atoms with Gasteiger partial charge in [0.1, 0.15) is 5.75 Å². The number of nitrogen functional groups attached to an aromatic ring is 1. The topological polar surface area (TPSA) is 92.4 Å². The number of aryl methyl sites for hydroxylation is 1. The van der Waals surface area contributed by atoms with E-state index in [0.717, 1.165) is 11.3 Å². The van der Waals surface area contributed by atoms with E-state index in [0.29, 0.717) is 17.3 Å². The number of anilines is 3. The zero-order valence-corrected chi connectivity index (χ0v) is 18.6. The largest absolute Gasteiger partial charge is 0.438 e. The lowest BCUT2D eigenvalue weighted by Gasteiger charge is -2.25. The first-order chi connectivity index (χ1) is 16.1. The first-order valence-corrected chi connectivity index (χ1v) is 11.1. The van der Waals surface area contributed by atoms with Crippen molar-refractivity contribution in [2.45, 2.75) is 6.92 Å². The quantitative estimate of drug-likeness (QED) is 0.401. The predicted octanol–water partition coefficient (Wildman–Crippen LogP) is 5.37. The average molecular weight is 456 g/mol. The van der Waals surface area contributed by atoms with Gasteiger partial charge in [-0.25, -0.2) is 15.0 Å². The Labute approximate surface area is 195 Å². The van der Waals surface area contributed by atoms with Gasteiger partial charge in [0.15, 0.2) is 0 Å². The molecule has 1 aliphatic rings. The summed E-state index contributed by atoms with van der Waals surface area (Å²) in [4.78, 5) is 14.7. The molecule has 3 N–H and O–H groups in total. The lowest BCUT2D eigenvalue weighted by molar-refractivity contribution is 0.464. The van der Waals surface area contributed by atoms with Gasteiger partial charge in [-0.15, -0.1) is 11.3 Å². The van der Waals surface area contributed by atoms with Crippen molar-refractivity contribution in [3.8, 4) is 22.9 Å². The molecule has 164 valence electrons. The molecule has 9 heteroatoms. The molecular weight excluding hydrogens is 434 g/mol. The summed E-state index contributed by atoms with van der Waals surface area (Å²) in [6, 6.07) is 15.3. The van der Waals surface area contributed by atoms with Gasteiger partial charge >= 0.3 is 0 Å². The zero-order valence-electron chi connectivity index (χ0n) is 17.8. The fourth-order valence-electron chi connectivity index (χ4n) is 3.21. The second-order valence-electron chi connectivity index (χ2n) is 7.27. The third-order valence-corrected chi connectivity index (χ3v) is 5.86. The maximum atomic E-state index is 6.03. The van der Waals surface area contributed by atoms with Crippen molar-refractivity contribution in [3.63, 3.8) is 0 Å². The first-order valence-electron chi connectivity index (χ1n) is 10.2. The molecule has 0 spiro atoms. The number of rotatable bonds is 6. The van der Waals surface area contributed by atoms with Crippen molar-refractivity contribution in [1.82, 2.24) is 20.0 Å². The summed E-state index contributed by atoms with van der Waals surface area (Å²) in [7, 11) is 0. The molecule has 3 aromatic heterocycles. The van der Waals surface area contributed by atoms with Crippen molar-refractivity contribution in [1.29, 1.82) is 0 Å². The molecule has 8 nitrogen and oxygen atoms in total. The molecule has 0 atom stereocenters. The maximum absolute atomic E-state index is 6.03. The number of hydrogen-bond donors (Lipinski definition) is 2. The number of nitrogens with zero attached hydrogens (tertiary/aromatic N) is 5. The van der Waals surface area contributed by atoms with Gasteiger partial charge in [-0.1, -0.05) is 0 Å². The Kier molecular flexibility index (Phi) is 5.61. The van der Waals surface area contributed by atoms with Gasteiger partial charge in [0.05, 0.1) is 21.9 Å².